The summed E-state index contributed by atoms with van der Waals surface area (Å²) in [6.45, 7) is 5.60. The second-order valence-corrected chi connectivity index (χ2v) is 9.75. The average Bonchev–Trinajstić information content (AvgIpc) is 3.16. The van der Waals surface area contributed by atoms with Crippen molar-refractivity contribution in [1.82, 2.24) is 19.4 Å². The summed E-state index contributed by atoms with van der Waals surface area (Å²) in [6.07, 6.45) is 6.78. The van der Waals surface area contributed by atoms with Crippen LogP contribution >= 0.6 is 11.8 Å². The fourth-order valence-electron chi connectivity index (χ4n) is 5.46. The lowest BCUT2D eigenvalue weighted by Gasteiger charge is -2.42. The first-order valence-corrected chi connectivity index (χ1v) is 12.7. The molecule has 2 aromatic carbocycles. The van der Waals surface area contributed by atoms with Gasteiger partial charge in [0.05, 0.1) is 11.0 Å². The third kappa shape index (κ3) is 4.34. The van der Waals surface area contributed by atoms with E-state index in [9.17, 15) is 4.79 Å². The monoisotopic (exact) mass is 436 g/mol. The van der Waals surface area contributed by atoms with E-state index >= 15 is 0 Å². The number of rotatable bonds is 5. The first-order chi connectivity index (χ1) is 15.2. The largest absolute Gasteiger partial charge is 0.326 e. The zero-order chi connectivity index (χ0) is 21.2. The number of likely N-dealkylation sites (tertiary alicyclic amines) is 2. The Morgan fingerprint density at radius 3 is 2.35 bits per heavy atom. The van der Waals surface area contributed by atoms with Gasteiger partial charge in [-0.15, -0.1) is 11.8 Å². The van der Waals surface area contributed by atoms with Crippen LogP contribution in [0.2, 0.25) is 0 Å². The molecule has 0 unspecified atom stereocenters. The molecule has 2 fully saturated rings. The van der Waals surface area contributed by atoms with Crippen LogP contribution in [0.1, 0.15) is 37.3 Å². The molecule has 0 spiro atoms. The maximum absolute atomic E-state index is 12.5. The number of benzene rings is 2. The molecule has 0 saturated carbocycles. The third-order valence-corrected chi connectivity index (χ3v) is 7.99. The topological polar surface area (TPSA) is 44.3 Å². The number of nitrogens with zero attached hydrogens (tertiary/aromatic N) is 3. The van der Waals surface area contributed by atoms with Crippen molar-refractivity contribution in [1.29, 1.82) is 0 Å². The van der Waals surface area contributed by atoms with E-state index in [1.807, 2.05) is 34.5 Å². The van der Waals surface area contributed by atoms with Crippen molar-refractivity contribution < 1.29 is 0 Å². The number of thioether (sulfide) groups is 1. The van der Waals surface area contributed by atoms with Crippen molar-refractivity contribution in [2.45, 2.75) is 49.2 Å². The number of nitrogens with one attached hydrogen (secondary N) is 1. The average molecular weight is 437 g/mol. The van der Waals surface area contributed by atoms with Gasteiger partial charge in [-0.3, -0.25) is 9.47 Å². The molecular weight excluding hydrogens is 404 g/mol. The van der Waals surface area contributed by atoms with Crippen molar-refractivity contribution >= 4 is 22.8 Å². The Labute approximate surface area is 188 Å². The normalized spacial score (nSPS) is 19.9. The van der Waals surface area contributed by atoms with Crippen molar-refractivity contribution in [3.63, 3.8) is 0 Å². The second kappa shape index (κ2) is 9.23. The van der Waals surface area contributed by atoms with Gasteiger partial charge in [0.15, 0.2) is 0 Å². The van der Waals surface area contributed by atoms with E-state index in [0.29, 0.717) is 12.1 Å². The van der Waals surface area contributed by atoms with Gasteiger partial charge in [-0.2, -0.15) is 0 Å². The third-order valence-electron chi connectivity index (χ3n) is 7.15. The van der Waals surface area contributed by atoms with Crippen LogP contribution in [0.25, 0.3) is 11.0 Å². The number of H-pyrrole nitrogens is 1. The van der Waals surface area contributed by atoms with Gasteiger partial charge in [0, 0.05) is 36.6 Å². The number of hydrogen-bond donors (Lipinski definition) is 1. The highest BCUT2D eigenvalue weighted by molar-refractivity contribution is 7.98. The molecule has 3 aromatic rings. The van der Waals surface area contributed by atoms with Crippen LogP contribution in [0.3, 0.4) is 0 Å². The molecule has 164 valence electrons. The van der Waals surface area contributed by atoms with E-state index in [0.717, 1.165) is 43.5 Å². The highest BCUT2D eigenvalue weighted by Crippen LogP contribution is 2.29. The van der Waals surface area contributed by atoms with Crippen molar-refractivity contribution in [2.75, 3.05) is 32.4 Å². The van der Waals surface area contributed by atoms with Gasteiger partial charge in [-0.25, -0.2) is 4.79 Å². The van der Waals surface area contributed by atoms with Crippen molar-refractivity contribution in [2.24, 2.45) is 0 Å². The van der Waals surface area contributed by atoms with Gasteiger partial charge in [-0.1, -0.05) is 30.3 Å². The minimum absolute atomic E-state index is 0.0403. The summed E-state index contributed by atoms with van der Waals surface area (Å²) in [5.74, 6) is 0. The molecule has 31 heavy (non-hydrogen) atoms. The van der Waals surface area contributed by atoms with Crippen LogP contribution in [0.4, 0.5) is 0 Å². The van der Waals surface area contributed by atoms with E-state index in [1.54, 1.807) is 0 Å². The minimum Gasteiger partial charge on any atom is -0.306 e. The SMILES string of the molecule is CSc1ccccc1CN1CCC(N2CCC(n3c(=O)[nH]c4ccccc43)CC2)CC1. The fraction of sp³-hybridized carbons (Fsp3) is 0.480. The molecule has 3 heterocycles. The molecule has 0 atom stereocenters. The van der Waals surface area contributed by atoms with Gasteiger partial charge in [0.1, 0.15) is 0 Å². The predicted octanol–water partition coefficient (Wildman–Crippen LogP) is 4.35. The maximum Gasteiger partial charge on any atom is 0.326 e. The van der Waals surface area contributed by atoms with Crippen LogP contribution in [0.5, 0.6) is 0 Å². The molecule has 0 amide bonds. The summed E-state index contributed by atoms with van der Waals surface area (Å²) in [5.41, 5.74) is 3.49. The molecule has 6 heteroatoms. The van der Waals surface area contributed by atoms with Gasteiger partial charge in [0.25, 0.3) is 0 Å². The van der Waals surface area contributed by atoms with E-state index < -0.39 is 0 Å². The Morgan fingerprint density at radius 1 is 0.903 bits per heavy atom. The molecule has 5 rings (SSSR count). The molecule has 0 radical (unpaired) electrons. The summed E-state index contributed by atoms with van der Waals surface area (Å²) in [7, 11) is 0. The van der Waals surface area contributed by atoms with Crippen molar-refractivity contribution in [3.8, 4) is 0 Å². The van der Waals surface area contributed by atoms with Crippen LogP contribution in [-0.2, 0) is 6.54 Å². The van der Waals surface area contributed by atoms with Gasteiger partial charge in [-0.05, 0) is 68.8 Å². The maximum atomic E-state index is 12.5. The smallest absolute Gasteiger partial charge is 0.306 e. The lowest BCUT2D eigenvalue weighted by molar-refractivity contribution is 0.0767. The van der Waals surface area contributed by atoms with Gasteiger partial charge in [0.2, 0.25) is 0 Å². The number of piperidine rings is 2. The summed E-state index contributed by atoms with van der Waals surface area (Å²) in [4.78, 5) is 22.3. The highest BCUT2D eigenvalue weighted by Gasteiger charge is 2.30. The molecule has 0 bridgehead atoms. The molecule has 2 saturated heterocycles. The molecule has 2 aliphatic rings. The van der Waals surface area contributed by atoms with E-state index in [2.05, 4.69) is 51.4 Å². The Morgan fingerprint density at radius 2 is 1.58 bits per heavy atom. The summed E-state index contributed by atoms with van der Waals surface area (Å²) in [5, 5.41) is 0. The number of para-hydroxylation sites is 2. The molecule has 2 aliphatic heterocycles. The summed E-state index contributed by atoms with van der Waals surface area (Å²) in [6, 6.07) is 17.9. The Kier molecular flexibility index (Phi) is 6.21. The van der Waals surface area contributed by atoms with Crippen LogP contribution in [-0.4, -0.2) is 57.8 Å². The lowest BCUT2D eigenvalue weighted by atomic mass is 9.97. The Balaban J connectivity index is 1.16. The molecule has 1 N–H and O–H groups in total. The predicted molar refractivity (Wildman–Crippen MR) is 129 cm³/mol. The molecule has 0 aliphatic carbocycles. The Hall–Kier alpha value is -2.02. The standard InChI is InChI=1S/C25H32N4OS/c1-31-24-9-5-2-6-19(24)18-27-14-10-20(11-15-27)28-16-12-21(13-17-28)29-23-8-4-3-7-22(23)26-25(29)30/h2-9,20-21H,10-18H2,1H3,(H,26,30). The zero-order valence-corrected chi connectivity index (χ0v) is 19.1. The van der Waals surface area contributed by atoms with E-state index in [4.69, 9.17) is 0 Å². The summed E-state index contributed by atoms with van der Waals surface area (Å²) >= 11 is 1.85. The lowest BCUT2D eigenvalue weighted by Crippen LogP contribution is -2.48. The van der Waals surface area contributed by atoms with Crippen LogP contribution in [0, 0.1) is 0 Å². The van der Waals surface area contributed by atoms with Crippen LogP contribution in [0.15, 0.2) is 58.2 Å². The molecular formula is C25H32N4OS. The molecule has 5 nitrogen and oxygen atoms in total. The first-order valence-electron chi connectivity index (χ1n) is 11.5. The van der Waals surface area contributed by atoms with Gasteiger partial charge < -0.3 is 9.88 Å². The number of aromatic nitrogens is 2. The number of fused-ring (bicyclic) bond motifs is 1. The highest BCUT2D eigenvalue weighted by atomic mass is 32.2. The van der Waals surface area contributed by atoms with E-state index in [1.165, 1.54) is 36.4 Å². The second-order valence-electron chi connectivity index (χ2n) is 8.90. The summed E-state index contributed by atoms with van der Waals surface area (Å²) < 4.78 is 2.00. The van der Waals surface area contributed by atoms with Crippen LogP contribution < -0.4 is 5.69 Å². The number of aromatic amines is 1. The quantitative estimate of drug-likeness (QED) is 0.604. The van der Waals surface area contributed by atoms with Gasteiger partial charge >= 0.3 is 5.69 Å². The Bertz CT molecular complexity index is 1070. The fourth-order valence-corrected chi connectivity index (χ4v) is 6.07. The first kappa shape index (κ1) is 20.9. The number of hydrogen-bond acceptors (Lipinski definition) is 4. The minimum atomic E-state index is 0.0403. The van der Waals surface area contributed by atoms with Crippen molar-refractivity contribution in [3.05, 3.63) is 64.6 Å². The zero-order valence-electron chi connectivity index (χ0n) is 18.3. The number of imidazole rings is 1. The van der Waals surface area contributed by atoms with E-state index in [-0.39, 0.29) is 5.69 Å². The molecule has 1 aromatic heterocycles.